The molecular formula is C30H36N4O9S. The van der Waals surface area contributed by atoms with Crippen LogP contribution in [0.4, 0.5) is 10.5 Å². The van der Waals surface area contributed by atoms with Gasteiger partial charge in [0.1, 0.15) is 5.60 Å². The Balaban J connectivity index is 1.75. The highest BCUT2D eigenvalue weighted by Gasteiger charge is 2.41. The minimum absolute atomic E-state index is 0.0552. The van der Waals surface area contributed by atoms with Crippen molar-refractivity contribution in [1.29, 1.82) is 0 Å². The van der Waals surface area contributed by atoms with Crippen LogP contribution >= 0.6 is 0 Å². The summed E-state index contributed by atoms with van der Waals surface area (Å²) in [6.07, 6.45) is 1.30. The van der Waals surface area contributed by atoms with Gasteiger partial charge < -0.3 is 23.8 Å². The normalized spacial score (nSPS) is 15.2. The van der Waals surface area contributed by atoms with E-state index < -0.39 is 43.3 Å². The predicted octanol–water partition coefficient (Wildman–Crippen LogP) is 4.88. The third-order valence-corrected chi connectivity index (χ3v) is 8.94. The number of aromatic nitrogens is 1. The topological polar surface area (TPSA) is 151 Å². The number of benzene rings is 2. The van der Waals surface area contributed by atoms with Gasteiger partial charge in [-0.15, -0.1) is 0 Å². The molecule has 0 aliphatic carbocycles. The lowest BCUT2D eigenvalue weighted by molar-refractivity contribution is -0.387. The number of nitro groups is 1. The number of nitrogens with zero attached hydrogens (tertiary/aromatic N) is 4. The molecule has 2 aromatic carbocycles. The van der Waals surface area contributed by atoms with Gasteiger partial charge in [0.25, 0.3) is 15.7 Å². The molecule has 0 N–H and O–H groups in total. The Kier molecular flexibility index (Phi) is 9.64. The van der Waals surface area contributed by atoms with Crippen molar-refractivity contribution in [3.63, 3.8) is 0 Å². The van der Waals surface area contributed by atoms with E-state index in [9.17, 15) is 23.3 Å². The van der Waals surface area contributed by atoms with E-state index in [4.69, 9.17) is 18.9 Å². The number of pyridine rings is 1. The Morgan fingerprint density at radius 2 is 1.73 bits per heavy atom. The van der Waals surface area contributed by atoms with Gasteiger partial charge in [-0.1, -0.05) is 12.1 Å². The zero-order valence-corrected chi connectivity index (χ0v) is 26.3. The molecular weight excluding hydrogens is 592 g/mol. The van der Waals surface area contributed by atoms with Crippen molar-refractivity contribution in [1.82, 2.24) is 14.2 Å². The summed E-state index contributed by atoms with van der Waals surface area (Å²) in [5, 5.41) is 11.8. The van der Waals surface area contributed by atoms with Crippen molar-refractivity contribution in [2.75, 3.05) is 34.4 Å². The molecule has 0 bridgehead atoms. The number of amides is 1. The first kappa shape index (κ1) is 32.5. The van der Waals surface area contributed by atoms with Crippen LogP contribution in [0, 0.1) is 10.1 Å². The van der Waals surface area contributed by atoms with E-state index in [2.05, 4.69) is 4.98 Å². The first-order valence-electron chi connectivity index (χ1n) is 13.8. The van der Waals surface area contributed by atoms with Gasteiger partial charge in [-0.05, 0) is 63.1 Å². The minimum Gasteiger partial charge on any atom is -0.493 e. The van der Waals surface area contributed by atoms with Crippen LogP contribution in [-0.4, -0.2) is 79.7 Å². The van der Waals surface area contributed by atoms with E-state index in [0.717, 1.165) is 6.07 Å². The number of hydrogen-bond acceptors (Lipinski definition) is 10. The van der Waals surface area contributed by atoms with E-state index in [1.165, 1.54) is 48.7 Å². The molecule has 1 fully saturated rings. The van der Waals surface area contributed by atoms with E-state index in [-0.39, 0.29) is 19.6 Å². The Morgan fingerprint density at radius 3 is 2.32 bits per heavy atom. The highest BCUT2D eigenvalue weighted by atomic mass is 32.2. The molecule has 0 spiro atoms. The lowest BCUT2D eigenvalue weighted by Crippen LogP contribution is -2.43. The molecule has 1 aliphatic rings. The Bertz CT molecular complexity index is 1610. The summed E-state index contributed by atoms with van der Waals surface area (Å²) < 4.78 is 51.4. The second kappa shape index (κ2) is 13.1. The number of likely N-dealkylation sites (tertiary alicyclic amines) is 1. The fourth-order valence-electron chi connectivity index (χ4n) is 4.97. The van der Waals surface area contributed by atoms with E-state index >= 15 is 0 Å². The lowest BCUT2D eigenvalue weighted by Gasteiger charge is -2.29. The molecule has 2 heterocycles. The van der Waals surface area contributed by atoms with Crippen molar-refractivity contribution < 1.29 is 37.1 Å². The molecule has 1 unspecified atom stereocenters. The summed E-state index contributed by atoms with van der Waals surface area (Å²) in [4.78, 5) is 29.4. The molecule has 236 valence electrons. The van der Waals surface area contributed by atoms with Crippen LogP contribution < -0.4 is 14.2 Å². The molecule has 4 rings (SSSR count). The summed E-state index contributed by atoms with van der Waals surface area (Å²) in [6, 6.07) is 11.4. The number of para-hydroxylation sites is 1. The number of carbonyl (C=O) groups excluding carboxylic acids is 1. The summed E-state index contributed by atoms with van der Waals surface area (Å²) >= 11 is 0. The van der Waals surface area contributed by atoms with Crippen LogP contribution in [0.3, 0.4) is 0 Å². The van der Waals surface area contributed by atoms with E-state index in [1.54, 1.807) is 51.2 Å². The first-order valence-corrected chi connectivity index (χ1v) is 15.2. The number of sulfonamides is 1. The summed E-state index contributed by atoms with van der Waals surface area (Å²) in [7, 11) is 0.0807. The zero-order chi connectivity index (χ0) is 32.2. The SMILES string of the molecule is COc1cc(-c2cc(CN(C3CCN(C(=O)OC(C)(C)C)C3)S(=O)(=O)c3ccccc3[N+](=O)[O-])ccn2)cc(OC)c1OC. The molecule has 44 heavy (non-hydrogen) atoms. The highest BCUT2D eigenvalue weighted by Crippen LogP contribution is 2.41. The number of ether oxygens (including phenoxy) is 4. The Hall–Kier alpha value is -4.43. The van der Waals surface area contributed by atoms with Gasteiger partial charge in [-0.25, -0.2) is 13.2 Å². The third kappa shape index (κ3) is 7.03. The van der Waals surface area contributed by atoms with Gasteiger partial charge in [0, 0.05) is 43.5 Å². The maximum atomic E-state index is 14.2. The van der Waals surface area contributed by atoms with Crippen LogP contribution in [0.2, 0.25) is 0 Å². The van der Waals surface area contributed by atoms with Crippen molar-refractivity contribution in [2.45, 2.75) is 50.3 Å². The monoisotopic (exact) mass is 628 g/mol. The van der Waals surface area contributed by atoms with Gasteiger partial charge in [-0.2, -0.15) is 4.31 Å². The third-order valence-electron chi connectivity index (χ3n) is 6.99. The fraction of sp³-hybridized carbons (Fsp3) is 0.400. The zero-order valence-electron chi connectivity index (χ0n) is 25.5. The minimum atomic E-state index is -4.41. The van der Waals surface area contributed by atoms with E-state index in [1.807, 2.05) is 0 Å². The van der Waals surface area contributed by atoms with Gasteiger partial charge >= 0.3 is 6.09 Å². The standard InChI is InChI=1S/C30H36N4O9S/c1-30(2,3)43-29(35)32-14-12-22(19-32)33(44(38,39)27-10-8-7-9-24(27)34(36)37)18-20-11-13-31-23(15-20)21-16-25(40-4)28(42-6)26(17-21)41-5/h7-11,13,15-17,22H,12,14,18-19H2,1-6H3. The first-order chi connectivity index (χ1) is 20.8. The summed E-state index contributed by atoms with van der Waals surface area (Å²) in [5.41, 5.74) is 0.443. The summed E-state index contributed by atoms with van der Waals surface area (Å²) in [5.74, 6) is 1.25. The smallest absolute Gasteiger partial charge is 0.410 e. The quantitative estimate of drug-likeness (QED) is 0.224. The molecule has 1 saturated heterocycles. The predicted molar refractivity (Wildman–Crippen MR) is 161 cm³/mol. The second-order valence-electron chi connectivity index (χ2n) is 11.1. The molecule has 0 saturated carbocycles. The molecule has 1 atom stereocenters. The average molecular weight is 629 g/mol. The van der Waals surface area contributed by atoms with Crippen LogP contribution in [0.5, 0.6) is 17.2 Å². The van der Waals surface area contributed by atoms with E-state index in [0.29, 0.717) is 40.5 Å². The molecule has 1 amide bonds. The number of nitro benzene ring substituents is 1. The maximum absolute atomic E-state index is 14.2. The lowest BCUT2D eigenvalue weighted by atomic mass is 10.1. The molecule has 1 aromatic heterocycles. The molecule has 14 heteroatoms. The fourth-order valence-corrected chi connectivity index (χ4v) is 6.77. The van der Waals surface area contributed by atoms with Crippen LogP contribution in [-0.2, 0) is 21.3 Å². The number of methoxy groups -OCH3 is 3. The number of rotatable bonds is 10. The van der Waals surface area contributed by atoms with Gasteiger partial charge in [0.2, 0.25) is 5.75 Å². The van der Waals surface area contributed by atoms with Crippen molar-refractivity contribution in [3.8, 4) is 28.5 Å². The highest BCUT2D eigenvalue weighted by molar-refractivity contribution is 7.89. The molecule has 3 aromatic rings. The maximum Gasteiger partial charge on any atom is 0.410 e. The second-order valence-corrected chi connectivity index (χ2v) is 13.0. The Morgan fingerprint density at radius 1 is 1.07 bits per heavy atom. The molecule has 0 radical (unpaired) electrons. The van der Waals surface area contributed by atoms with Crippen molar-refractivity contribution in [2.24, 2.45) is 0 Å². The van der Waals surface area contributed by atoms with Crippen LogP contribution in [0.25, 0.3) is 11.3 Å². The van der Waals surface area contributed by atoms with Gasteiger partial charge in [0.05, 0.1) is 31.9 Å². The van der Waals surface area contributed by atoms with Crippen molar-refractivity contribution >= 4 is 21.8 Å². The average Bonchev–Trinajstić information content (AvgIpc) is 3.48. The van der Waals surface area contributed by atoms with Gasteiger partial charge in [0.15, 0.2) is 16.4 Å². The number of hydrogen-bond donors (Lipinski definition) is 0. The summed E-state index contributed by atoms with van der Waals surface area (Å²) in [6.45, 7) is 5.42. The largest absolute Gasteiger partial charge is 0.493 e. The number of carbonyl (C=O) groups is 1. The van der Waals surface area contributed by atoms with Crippen LogP contribution in [0.15, 0.2) is 59.6 Å². The van der Waals surface area contributed by atoms with Crippen LogP contribution in [0.1, 0.15) is 32.8 Å². The Labute approximate surface area is 256 Å². The van der Waals surface area contributed by atoms with Crippen molar-refractivity contribution in [3.05, 3.63) is 70.4 Å². The molecule has 13 nitrogen and oxygen atoms in total. The molecule has 1 aliphatic heterocycles. The van der Waals surface area contributed by atoms with Gasteiger partial charge in [-0.3, -0.25) is 15.1 Å².